The Labute approximate surface area is 128 Å². The quantitative estimate of drug-likeness (QED) is 0.807. The Hall–Kier alpha value is -1.10. The van der Waals surface area contributed by atoms with E-state index in [4.69, 9.17) is 5.73 Å². The van der Waals surface area contributed by atoms with Gasteiger partial charge in [-0.3, -0.25) is 9.69 Å². The molecule has 0 heterocycles. The van der Waals surface area contributed by atoms with E-state index >= 15 is 0 Å². The van der Waals surface area contributed by atoms with Crippen LogP contribution in [-0.4, -0.2) is 36.5 Å². The molecular weight excluding hydrogens is 274 g/mol. The summed E-state index contributed by atoms with van der Waals surface area (Å²) in [6.07, 6.45) is 0.918. The second-order valence-electron chi connectivity index (χ2n) is 5.12. The normalized spacial score (nSPS) is 13.4. The van der Waals surface area contributed by atoms with Crippen molar-refractivity contribution in [2.24, 2.45) is 5.73 Å². The topological polar surface area (TPSA) is 58.4 Å². The third-order valence-electron chi connectivity index (χ3n) is 3.30. The maximum Gasteiger partial charge on any atom is 0.236 e. The lowest BCUT2D eigenvalue weighted by Crippen LogP contribution is -2.40. The monoisotopic (exact) mass is 299 g/mol. The zero-order chi connectivity index (χ0) is 14.3. The van der Waals surface area contributed by atoms with Crippen molar-refractivity contribution in [3.05, 3.63) is 35.9 Å². The Morgan fingerprint density at radius 3 is 2.45 bits per heavy atom. The highest BCUT2D eigenvalue weighted by Gasteiger charge is 2.11. The van der Waals surface area contributed by atoms with Gasteiger partial charge >= 0.3 is 0 Å². The van der Waals surface area contributed by atoms with Crippen molar-refractivity contribution in [2.45, 2.75) is 38.9 Å². The van der Waals surface area contributed by atoms with Gasteiger partial charge in [-0.25, -0.2) is 0 Å². The van der Waals surface area contributed by atoms with E-state index in [1.807, 2.05) is 6.07 Å². The van der Waals surface area contributed by atoms with Gasteiger partial charge in [0, 0.05) is 19.1 Å². The standard InChI is InChI=1S/C15H25N3O.ClH/c1-12(9-10-17-15(19)13(2)16)18(3)11-14-7-5-4-6-8-14;/h4-8,12-13H,9-11,16H2,1-3H3,(H,17,19);1H. The lowest BCUT2D eigenvalue weighted by molar-refractivity contribution is -0.122. The predicted molar refractivity (Wildman–Crippen MR) is 85.9 cm³/mol. The smallest absolute Gasteiger partial charge is 0.236 e. The molecule has 5 heteroatoms. The van der Waals surface area contributed by atoms with Crippen molar-refractivity contribution in [3.63, 3.8) is 0 Å². The fourth-order valence-corrected chi connectivity index (χ4v) is 1.81. The molecule has 1 amide bonds. The molecule has 3 N–H and O–H groups in total. The third-order valence-corrected chi connectivity index (χ3v) is 3.30. The Balaban J connectivity index is 0.00000361. The summed E-state index contributed by atoms with van der Waals surface area (Å²) < 4.78 is 0. The summed E-state index contributed by atoms with van der Waals surface area (Å²) in [4.78, 5) is 13.6. The van der Waals surface area contributed by atoms with Gasteiger partial charge in [0.2, 0.25) is 5.91 Å². The van der Waals surface area contributed by atoms with E-state index < -0.39 is 6.04 Å². The van der Waals surface area contributed by atoms with Crippen molar-refractivity contribution in [1.29, 1.82) is 0 Å². The number of benzene rings is 1. The molecule has 0 aliphatic heterocycles. The Kier molecular flexibility index (Phi) is 9.21. The minimum atomic E-state index is -0.433. The maximum absolute atomic E-state index is 11.3. The number of nitrogens with zero attached hydrogens (tertiary/aromatic N) is 1. The second kappa shape index (κ2) is 9.75. The molecule has 1 aromatic rings. The van der Waals surface area contributed by atoms with Crippen molar-refractivity contribution >= 4 is 18.3 Å². The molecule has 2 unspecified atom stereocenters. The van der Waals surface area contributed by atoms with Crippen LogP contribution in [0, 0.1) is 0 Å². The number of hydrogen-bond donors (Lipinski definition) is 2. The fraction of sp³-hybridized carbons (Fsp3) is 0.533. The summed E-state index contributed by atoms with van der Waals surface area (Å²) >= 11 is 0. The molecule has 114 valence electrons. The molecule has 0 saturated heterocycles. The Bertz CT molecular complexity index is 384. The van der Waals surface area contributed by atoms with Gasteiger partial charge in [-0.15, -0.1) is 12.4 Å². The largest absolute Gasteiger partial charge is 0.355 e. The number of nitrogens with two attached hydrogens (primary N) is 1. The molecule has 1 aromatic carbocycles. The van der Waals surface area contributed by atoms with Crippen molar-refractivity contribution < 1.29 is 4.79 Å². The number of halogens is 1. The number of carbonyl (C=O) groups is 1. The number of nitrogens with one attached hydrogen (secondary N) is 1. The van der Waals surface area contributed by atoms with Crippen LogP contribution in [0.1, 0.15) is 25.8 Å². The average molecular weight is 300 g/mol. The van der Waals surface area contributed by atoms with Gasteiger partial charge in [0.25, 0.3) is 0 Å². The number of amides is 1. The zero-order valence-electron chi connectivity index (χ0n) is 12.5. The van der Waals surface area contributed by atoms with Gasteiger partial charge in [0.1, 0.15) is 0 Å². The minimum absolute atomic E-state index is 0. The van der Waals surface area contributed by atoms with Gasteiger partial charge in [-0.2, -0.15) is 0 Å². The van der Waals surface area contributed by atoms with Crippen LogP contribution in [0.25, 0.3) is 0 Å². The summed E-state index contributed by atoms with van der Waals surface area (Å²) in [6.45, 7) is 5.45. The SMILES string of the molecule is CC(N)C(=O)NCCC(C)N(C)Cc1ccccc1.Cl. The van der Waals surface area contributed by atoms with Crippen LogP contribution in [0.5, 0.6) is 0 Å². The first-order valence-corrected chi connectivity index (χ1v) is 6.78. The summed E-state index contributed by atoms with van der Waals surface area (Å²) in [7, 11) is 2.10. The van der Waals surface area contributed by atoms with Crippen LogP contribution >= 0.6 is 12.4 Å². The molecule has 0 radical (unpaired) electrons. The van der Waals surface area contributed by atoms with E-state index in [-0.39, 0.29) is 18.3 Å². The lowest BCUT2D eigenvalue weighted by atomic mass is 10.1. The summed E-state index contributed by atoms with van der Waals surface area (Å²) in [6, 6.07) is 10.4. The van der Waals surface area contributed by atoms with Gasteiger partial charge in [0.05, 0.1) is 6.04 Å². The minimum Gasteiger partial charge on any atom is -0.355 e. The van der Waals surface area contributed by atoms with Gasteiger partial charge < -0.3 is 11.1 Å². The molecule has 0 aromatic heterocycles. The molecule has 0 aliphatic carbocycles. The molecule has 20 heavy (non-hydrogen) atoms. The third kappa shape index (κ3) is 6.89. The Morgan fingerprint density at radius 2 is 1.90 bits per heavy atom. The first kappa shape index (κ1) is 18.9. The summed E-state index contributed by atoms with van der Waals surface area (Å²) in [5, 5.41) is 2.84. The molecule has 0 bridgehead atoms. The first-order chi connectivity index (χ1) is 9.00. The second-order valence-corrected chi connectivity index (χ2v) is 5.12. The number of rotatable bonds is 7. The Morgan fingerprint density at radius 1 is 1.30 bits per heavy atom. The zero-order valence-corrected chi connectivity index (χ0v) is 13.3. The molecule has 0 aliphatic rings. The van der Waals surface area contributed by atoms with Crippen molar-refractivity contribution in [3.8, 4) is 0 Å². The van der Waals surface area contributed by atoms with Gasteiger partial charge in [-0.1, -0.05) is 30.3 Å². The maximum atomic E-state index is 11.3. The fourth-order valence-electron chi connectivity index (χ4n) is 1.81. The first-order valence-electron chi connectivity index (χ1n) is 6.78. The molecule has 0 fully saturated rings. The molecule has 2 atom stereocenters. The van der Waals surface area contributed by atoms with E-state index in [9.17, 15) is 4.79 Å². The van der Waals surface area contributed by atoms with Crippen LogP contribution in [-0.2, 0) is 11.3 Å². The van der Waals surface area contributed by atoms with Crippen LogP contribution < -0.4 is 11.1 Å². The lowest BCUT2D eigenvalue weighted by Gasteiger charge is -2.25. The highest BCUT2D eigenvalue weighted by atomic mass is 35.5. The van der Waals surface area contributed by atoms with Crippen molar-refractivity contribution in [1.82, 2.24) is 10.2 Å². The summed E-state index contributed by atoms with van der Waals surface area (Å²) in [5.74, 6) is -0.0853. The predicted octanol–water partition coefficient (Wildman–Crippen LogP) is 1.78. The van der Waals surface area contributed by atoms with E-state index in [0.717, 1.165) is 13.0 Å². The molecule has 1 rings (SSSR count). The average Bonchev–Trinajstić information content (AvgIpc) is 2.39. The molecule has 4 nitrogen and oxygen atoms in total. The molecule has 0 saturated carbocycles. The van der Waals surface area contributed by atoms with Gasteiger partial charge in [0.15, 0.2) is 0 Å². The van der Waals surface area contributed by atoms with Gasteiger partial charge in [-0.05, 0) is 32.9 Å². The van der Waals surface area contributed by atoms with Crippen LogP contribution in [0.15, 0.2) is 30.3 Å². The van der Waals surface area contributed by atoms with Crippen LogP contribution in [0.4, 0.5) is 0 Å². The van der Waals surface area contributed by atoms with E-state index in [1.165, 1.54) is 5.56 Å². The summed E-state index contributed by atoms with van der Waals surface area (Å²) in [5.41, 5.74) is 6.79. The van der Waals surface area contributed by atoms with E-state index in [2.05, 4.69) is 48.5 Å². The molecular formula is C15H26ClN3O. The highest BCUT2D eigenvalue weighted by molar-refractivity contribution is 5.85. The van der Waals surface area contributed by atoms with E-state index in [1.54, 1.807) is 6.92 Å². The van der Waals surface area contributed by atoms with E-state index in [0.29, 0.717) is 12.6 Å². The number of hydrogen-bond acceptors (Lipinski definition) is 3. The number of carbonyl (C=O) groups excluding carboxylic acids is 1. The molecule has 0 spiro atoms. The highest BCUT2D eigenvalue weighted by Crippen LogP contribution is 2.07. The van der Waals surface area contributed by atoms with Crippen molar-refractivity contribution in [2.75, 3.05) is 13.6 Å². The van der Waals surface area contributed by atoms with Crippen LogP contribution in [0.2, 0.25) is 0 Å². The van der Waals surface area contributed by atoms with Crippen LogP contribution in [0.3, 0.4) is 0 Å².